The Kier molecular flexibility index (Phi) is 7.52. The Labute approximate surface area is 84.5 Å². The van der Waals surface area contributed by atoms with E-state index < -0.39 is 23.3 Å². The Morgan fingerprint density at radius 3 is 2.71 bits per heavy atom. The summed E-state index contributed by atoms with van der Waals surface area (Å²) in [4.78, 5) is 16.5. The highest BCUT2D eigenvalue weighted by molar-refractivity contribution is 7.76. The van der Waals surface area contributed by atoms with Gasteiger partial charge in [-0.1, -0.05) is 11.3 Å². The molecule has 0 rings (SSSR count). The average Bonchev–Trinajstić information content (AvgIpc) is 2.14. The lowest BCUT2D eigenvalue weighted by Gasteiger charge is -2.11. The monoisotopic (exact) mass is 224 g/mol. The summed E-state index contributed by atoms with van der Waals surface area (Å²) in [6, 6.07) is -0.822. The fraction of sp³-hybridized carbons (Fsp3) is 0.833. The molecule has 7 nitrogen and oxygen atoms in total. The smallest absolute Gasteiger partial charge is 0.342 e. The molecule has 5 N–H and O–H groups in total. The van der Waals surface area contributed by atoms with E-state index in [4.69, 9.17) is 11.5 Å². The maximum absolute atomic E-state index is 10.9. The van der Waals surface area contributed by atoms with Crippen LogP contribution in [0.15, 0.2) is 0 Å². The minimum absolute atomic E-state index is 0.420. The summed E-state index contributed by atoms with van der Waals surface area (Å²) < 4.78 is 19.9. The summed E-state index contributed by atoms with van der Waals surface area (Å²) >= 11 is -2.63. The van der Waals surface area contributed by atoms with Crippen molar-refractivity contribution in [2.75, 3.05) is 6.54 Å². The van der Waals surface area contributed by atoms with Gasteiger partial charge in [0.2, 0.25) is 0 Å². The summed E-state index contributed by atoms with van der Waals surface area (Å²) in [6.45, 7) is 0.532. The molecule has 0 heterocycles. The van der Waals surface area contributed by atoms with Crippen LogP contribution in [0.1, 0.15) is 19.3 Å². The number of hydrogen-bond acceptors (Lipinski definition) is 6. The van der Waals surface area contributed by atoms with E-state index in [9.17, 15) is 13.6 Å². The normalized spacial score (nSPS) is 14.8. The number of carbonyl (C=O) groups is 1. The lowest BCUT2D eigenvalue weighted by atomic mass is 10.1. The molecular formula is C6H14N3O4S-. The SMILES string of the molecule is NCCCC[C@H](N)C(=O)ONS(=O)[O-]. The molecule has 8 heteroatoms. The van der Waals surface area contributed by atoms with Gasteiger partial charge in [0.25, 0.3) is 0 Å². The highest BCUT2D eigenvalue weighted by Gasteiger charge is 2.14. The van der Waals surface area contributed by atoms with Gasteiger partial charge < -0.3 is 20.9 Å². The highest BCUT2D eigenvalue weighted by Crippen LogP contribution is 1.98. The first-order chi connectivity index (χ1) is 6.57. The van der Waals surface area contributed by atoms with Gasteiger partial charge in [-0.05, 0) is 19.4 Å². The molecule has 0 aromatic heterocycles. The summed E-state index contributed by atoms with van der Waals surface area (Å²) in [5.74, 6) is -0.800. The second-order valence-electron chi connectivity index (χ2n) is 2.63. The van der Waals surface area contributed by atoms with Crippen LogP contribution in [0.5, 0.6) is 0 Å². The van der Waals surface area contributed by atoms with Crippen molar-refractivity contribution < 1.29 is 18.4 Å². The van der Waals surface area contributed by atoms with Crippen molar-refractivity contribution in [2.24, 2.45) is 11.5 Å². The van der Waals surface area contributed by atoms with Crippen molar-refractivity contribution in [1.82, 2.24) is 4.89 Å². The van der Waals surface area contributed by atoms with Gasteiger partial charge in [-0.15, -0.1) is 0 Å². The van der Waals surface area contributed by atoms with Gasteiger partial charge in [-0.2, -0.15) is 0 Å². The topological polar surface area (TPSA) is 130 Å². The largest absolute Gasteiger partial charge is 0.758 e. The Balaban J connectivity index is 3.59. The molecule has 0 saturated carbocycles. The van der Waals surface area contributed by atoms with Crippen LogP contribution in [-0.4, -0.2) is 27.3 Å². The zero-order chi connectivity index (χ0) is 11.0. The third-order valence-electron chi connectivity index (χ3n) is 1.48. The molecule has 14 heavy (non-hydrogen) atoms. The van der Waals surface area contributed by atoms with Crippen LogP contribution in [0.4, 0.5) is 0 Å². The van der Waals surface area contributed by atoms with Gasteiger partial charge in [-0.3, -0.25) is 4.21 Å². The van der Waals surface area contributed by atoms with Crippen LogP contribution in [0.3, 0.4) is 0 Å². The van der Waals surface area contributed by atoms with E-state index in [1.54, 1.807) is 0 Å². The molecule has 0 aliphatic rings. The van der Waals surface area contributed by atoms with Gasteiger partial charge in [0.1, 0.15) is 6.04 Å². The molecule has 1 unspecified atom stereocenters. The van der Waals surface area contributed by atoms with Crippen molar-refractivity contribution in [3.63, 3.8) is 0 Å². The predicted molar refractivity (Wildman–Crippen MR) is 49.0 cm³/mol. The molecule has 2 atom stereocenters. The molecule has 0 bridgehead atoms. The molecular weight excluding hydrogens is 210 g/mol. The first-order valence-electron chi connectivity index (χ1n) is 4.09. The first kappa shape index (κ1) is 13.5. The fourth-order valence-electron chi connectivity index (χ4n) is 0.777. The molecule has 0 spiro atoms. The number of unbranched alkanes of at least 4 members (excludes halogenated alkanes) is 1. The van der Waals surface area contributed by atoms with Crippen LogP contribution in [0.2, 0.25) is 0 Å². The minimum atomic E-state index is -2.63. The number of carbonyl (C=O) groups excluding carboxylic acids is 1. The van der Waals surface area contributed by atoms with E-state index in [1.165, 1.54) is 4.89 Å². The van der Waals surface area contributed by atoms with E-state index in [0.29, 0.717) is 19.4 Å². The summed E-state index contributed by atoms with van der Waals surface area (Å²) in [5.41, 5.74) is 10.6. The molecule has 0 amide bonds. The number of nitrogens with two attached hydrogens (primary N) is 2. The quantitative estimate of drug-likeness (QED) is 0.268. The second-order valence-corrected chi connectivity index (χ2v) is 3.27. The van der Waals surface area contributed by atoms with Crippen LogP contribution < -0.4 is 16.4 Å². The Bertz CT molecular complexity index is 202. The van der Waals surface area contributed by atoms with Gasteiger partial charge in [-0.25, -0.2) is 4.79 Å². The molecule has 0 aliphatic heterocycles. The summed E-state index contributed by atoms with van der Waals surface area (Å²) in [7, 11) is 0. The van der Waals surface area contributed by atoms with Crippen molar-refractivity contribution in [3.8, 4) is 0 Å². The van der Waals surface area contributed by atoms with Crippen LogP contribution in [0, 0.1) is 0 Å². The van der Waals surface area contributed by atoms with Crippen molar-refractivity contribution in [1.29, 1.82) is 0 Å². The lowest BCUT2D eigenvalue weighted by molar-refractivity contribution is -0.149. The predicted octanol–water partition coefficient (Wildman–Crippen LogP) is -1.72. The molecule has 0 aromatic rings. The number of hydrogen-bond donors (Lipinski definition) is 3. The Morgan fingerprint density at radius 1 is 1.57 bits per heavy atom. The van der Waals surface area contributed by atoms with Crippen molar-refractivity contribution in [3.05, 3.63) is 0 Å². The van der Waals surface area contributed by atoms with E-state index in [-0.39, 0.29) is 0 Å². The minimum Gasteiger partial charge on any atom is -0.758 e. The van der Waals surface area contributed by atoms with Gasteiger partial charge in [0.05, 0.1) is 11.3 Å². The summed E-state index contributed by atoms with van der Waals surface area (Å²) in [6.07, 6.45) is 1.89. The maximum Gasteiger partial charge on any atom is 0.342 e. The third kappa shape index (κ3) is 6.92. The van der Waals surface area contributed by atoms with E-state index in [2.05, 4.69) is 4.84 Å². The van der Waals surface area contributed by atoms with Gasteiger partial charge in [0.15, 0.2) is 0 Å². The third-order valence-corrected chi connectivity index (χ3v) is 1.70. The molecule has 0 aromatic carbocycles. The molecule has 84 valence electrons. The molecule has 0 fully saturated rings. The highest BCUT2D eigenvalue weighted by atomic mass is 32.2. The van der Waals surface area contributed by atoms with Crippen LogP contribution in [-0.2, 0) is 20.9 Å². The number of nitrogens with one attached hydrogen (secondary N) is 1. The standard InChI is InChI=1S/C6H15N3O4S/c7-4-2-1-3-5(8)6(10)13-9-14(11)12/h5,9H,1-4,7-8H2,(H,11,12)/p-1/t5-/m0/s1. The zero-order valence-electron chi connectivity index (χ0n) is 7.60. The van der Waals surface area contributed by atoms with Gasteiger partial charge in [0, 0.05) is 0 Å². The number of rotatable bonds is 7. The van der Waals surface area contributed by atoms with E-state index in [0.717, 1.165) is 6.42 Å². The van der Waals surface area contributed by atoms with E-state index in [1.807, 2.05) is 0 Å². The Hall–Kier alpha value is -0.540. The van der Waals surface area contributed by atoms with Gasteiger partial charge >= 0.3 is 5.97 Å². The molecule has 0 saturated heterocycles. The molecule has 0 aliphatic carbocycles. The maximum atomic E-state index is 10.9. The fourth-order valence-corrected chi connectivity index (χ4v) is 0.927. The lowest BCUT2D eigenvalue weighted by Crippen LogP contribution is -2.36. The summed E-state index contributed by atoms with van der Waals surface area (Å²) in [5, 5.41) is 0. The Morgan fingerprint density at radius 2 is 2.21 bits per heavy atom. The van der Waals surface area contributed by atoms with Crippen LogP contribution in [0.25, 0.3) is 0 Å². The average molecular weight is 224 g/mol. The van der Waals surface area contributed by atoms with E-state index >= 15 is 0 Å². The van der Waals surface area contributed by atoms with Crippen molar-refractivity contribution in [2.45, 2.75) is 25.3 Å². The first-order valence-corrected chi connectivity index (χ1v) is 5.16. The van der Waals surface area contributed by atoms with Crippen LogP contribution >= 0.6 is 0 Å². The molecule has 0 radical (unpaired) electrons. The van der Waals surface area contributed by atoms with Crippen molar-refractivity contribution >= 4 is 17.2 Å². The second kappa shape index (κ2) is 7.83. The zero-order valence-corrected chi connectivity index (χ0v) is 8.42.